The third kappa shape index (κ3) is 8.93. The van der Waals surface area contributed by atoms with Gasteiger partial charge < -0.3 is 39.1 Å². The van der Waals surface area contributed by atoms with Crippen molar-refractivity contribution in [3.05, 3.63) is 120 Å². The molecule has 20 heteroatoms. The van der Waals surface area contributed by atoms with Gasteiger partial charge in [-0.05, 0) is 61.4 Å². The molecule has 8 aromatic heterocycles. The van der Waals surface area contributed by atoms with Crippen molar-refractivity contribution in [3.8, 4) is 35.4 Å². The molecule has 8 rings (SSSR count). The number of nitrogens with zero attached hydrogens (tertiary/aromatic N) is 12. The monoisotopic (exact) mass is 816 g/mol. The summed E-state index contributed by atoms with van der Waals surface area (Å²) in [5.74, 6) is 1.01. The van der Waals surface area contributed by atoms with Crippen molar-refractivity contribution in [2.45, 2.75) is 13.8 Å². The molecule has 20 nitrogen and oxygen atoms in total. The van der Waals surface area contributed by atoms with Gasteiger partial charge in [0.05, 0.1) is 54.7 Å². The van der Waals surface area contributed by atoms with E-state index in [1.807, 2.05) is 40.1 Å². The number of esters is 1. The number of anilines is 4. The lowest BCUT2D eigenvalue weighted by atomic mass is 10.2. The Morgan fingerprint density at radius 2 is 1.11 bits per heavy atom. The number of pyridine rings is 6. The lowest BCUT2D eigenvalue weighted by molar-refractivity contribution is 0.0599. The number of carboxylic acid groups (broad SMARTS) is 1. The molecule has 8 heterocycles. The molecule has 0 unspecified atom stereocenters. The van der Waals surface area contributed by atoms with Crippen LogP contribution >= 0.6 is 0 Å². The summed E-state index contributed by atoms with van der Waals surface area (Å²) in [4.78, 5) is 56.9. The van der Waals surface area contributed by atoms with Gasteiger partial charge in [-0.2, -0.15) is 20.5 Å². The van der Waals surface area contributed by atoms with Crippen LogP contribution in [0.4, 0.5) is 23.0 Å². The Morgan fingerprint density at radius 3 is 1.49 bits per heavy atom. The van der Waals surface area contributed by atoms with E-state index in [1.54, 1.807) is 64.3 Å². The zero-order valence-electron chi connectivity index (χ0n) is 32.9. The Kier molecular flexibility index (Phi) is 11.3. The number of hydrogen-bond donors (Lipinski definition) is 3. The van der Waals surface area contributed by atoms with E-state index >= 15 is 0 Å². The molecular weight excluding hydrogens is 785 g/mol. The number of fused-ring (bicyclic) bond motifs is 2. The zero-order chi connectivity index (χ0) is 43.2. The highest BCUT2D eigenvalue weighted by Crippen LogP contribution is 2.33. The van der Waals surface area contributed by atoms with Crippen molar-refractivity contribution in [1.29, 1.82) is 10.5 Å². The summed E-state index contributed by atoms with van der Waals surface area (Å²) >= 11 is 0. The molecule has 61 heavy (non-hydrogen) atoms. The van der Waals surface area contributed by atoms with Crippen molar-refractivity contribution in [2.24, 2.45) is 14.1 Å². The Labute approximate surface area is 345 Å². The van der Waals surface area contributed by atoms with Gasteiger partial charge in [-0.3, -0.25) is 0 Å². The van der Waals surface area contributed by atoms with Crippen LogP contribution in [0.3, 0.4) is 0 Å². The lowest BCUT2D eigenvalue weighted by Gasteiger charge is -2.11. The van der Waals surface area contributed by atoms with Crippen molar-refractivity contribution in [3.63, 3.8) is 0 Å². The van der Waals surface area contributed by atoms with E-state index < -0.39 is 11.9 Å². The molecule has 0 saturated carbocycles. The summed E-state index contributed by atoms with van der Waals surface area (Å²) in [5.41, 5.74) is 6.17. The quantitative estimate of drug-likeness (QED) is 0.125. The Balaban J connectivity index is 0.000000184. The molecule has 3 N–H and O–H groups in total. The van der Waals surface area contributed by atoms with Gasteiger partial charge in [0.25, 0.3) is 0 Å². The second kappa shape index (κ2) is 17.2. The molecule has 0 amide bonds. The fourth-order valence-electron chi connectivity index (χ4n) is 5.67. The highest BCUT2D eigenvalue weighted by molar-refractivity contribution is 5.91. The van der Waals surface area contributed by atoms with Gasteiger partial charge in [-0.15, -0.1) is 0 Å². The Hall–Kier alpha value is -9.04. The molecule has 0 aromatic carbocycles. The summed E-state index contributed by atoms with van der Waals surface area (Å²) in [6, 6.07) is 16.9. The van der Waals surface area contributed by atoms with Crippen LogP contribution in [0.5, 0.6) is 23.3 Å². The maximum Gasteiger partial charge on any atom is 0.339 e. The predicted octanol–water partition coefficient (Wildman–Crippen LogP) is 6.43. The number of hydrogen-bond acceptors (Lipinski definition) is 17. The van der Waals surface area contributed by atoms with Gasteiger partial charge in [0, 0.05) is 38.6 Å². The number of imidazole rings is 2. The number of rotatable bonds is 10. The van der Waals surface area contributed by atoms with Gasteiger partial charge in [0.2, 0.25) is 11.8 Å². The third-order valence-corrected chi connectivity index (χ3v) is 8.79. The fourth-order valence-corrected chi connectivity index (χ4v) is 5.67. The number of nitrogens with one attached hydrogen (secondary N) is 2. The highest BCUT2D eigenvalue weighted by atomic mass is 16.5. The van der Waals surface area contributed by atoms with Gasteiger partial charge in [0.1, 0.15) is 46.2 Å². The first-order valence-corrected chi connectivity index (χ1v) is 17.9. The molecule has 0 bridgehead atoms. The molecular formula is C41H32N14O6. The van der Waals surface area contributed by atoms with Crippen LogP contribution in [0, 0.1) is 36.5 Å². The van der Waals surface area contributed by atoms with E-state index in [1.165, 1.54) is 38.0 Å². The molecule has 0 atom stereocenters. The maximum absolute atomic E-state index is 11.6. The van der Waals surface area contributed by atoms with Crippen LogP contribution < -0.4 is 20.1 Å². The molecule has 0 aliphatic rings. The van der Waals surface area contributed by atoms with Gasteiger partial charge in [-0.25, -0.2) is 39.5 Å². The number of ether oxygens (including phenoxy) is 3. The summed E-state index contributed by atoms with van der Waals surface area (Å²) in [5, 5.41) is 33.3. The summed E-state index contributed by atoms with van der Waals surface area (Å²) < 4.78 is 20.1. The molecule has 8 aromatic rings. The van der Waals surface area contributed by atoms with Gasteiger partial charge >= 0.3 is 11.9 Å². The molecule has 0 saturated heterocycles. The van der Waals surface area contributed by atoms with E-state index in [0.29, 0.717) is 85.5 Å². The van der Waals surface area contributed by atoms with Crippen LogP contribution in [-0.4, -0.2) is 73.2 Å². The van der Waals surface area contributed by atoms with Crippen LogP contribution in [0.15, 0.2) is 86.0 Å². The third-order valence-electron chi connectivity index (χ3n) is 8.79. The summed E-state index contributed by atoms with van der Waals surface area (Å²) in [6.45, 7) is 3.64. The first-order chi connectivity index (χ1) is 29.4. The van der Waals surface area contributed by atoms with Crippen LogP contribution in [0.25, 0.3) is 22.3 Å². The van der Waals surface area contributed by atoms with Crippen molar-refractivity contribution in [1.82, 2.24) is 49.0 Å². The van der Waals surface area contributed by atoms with E-state index in [0.717, 1.165) is 11.1 Å². The average Bonchev–Trinajstić information content (AvgIpc) is 3.84. The number of nitriles is 2. The van der Waals surface area contributed by atoms with E-state index in [-0.39, 0.29) is 5.56 Å². The van der Waals surface area contributed by atoms with Crippen molar-refractivity contribution < 1.29 is 28.9 Å². The molecule has 302 valence electrons. The number of carboxylic acids is 1. The van der Waals surface area contributed by atoms with Crippen molar-refractivity contribution >= 4 is 57.3 Å². The second-order valence-electron chi connectivity index (χ2n) is 13.1. The second-order valence-corrected chi connectivity index (χ2v) is 13.1. The summed E-state index contributed by atoms with van der Waals surface area (Å²) in [7, 11) is 4.95. The van der Waals surface area contributed by atoms with Crippen LogP contribution in [0.1, 0.15) is 43.2 Å². The summed E-state index contributed by atoms with van der Waals surface area (Å²) in [6.07, 6.45) is 8.93. The minimum Gasteiger partial charge on any atom is -0.478 e. The highest BCUT2D eigenvalue weighted by Gasteiger charge is 2.16. The number of carbonyl (C=O) groups excluding carboxylic acids is 1. The Morgan fingerprint density at radius 1 is 0.656 bits per heavy atom. The molecule has 0 aliphatic carbocycles. The smallest absolute Gasteiger partial charge is 0.339 e. The van der Waals surface area contributed by atoms with Gasteiger partial charge in [0.15, 0.2) is 22.8 Å². The van der Waals surface area contributed by atoms with Crippen molar-refractivity contribution in [2.75, 3.05) is 17.7 Å². The van der Waals surface area contributed by atoms with E-state index in [4.69, 9.17) is 29.8 Å². The van der Waals surface area contributed by atoms with Crippen LogP contribution in [-0.2, 0) is 18.8 Å². The molecule has 0 spiro atoms. The Bertz CT molecular complexity index is 3040. The molecule has 0 aliphatic heterocycles. The topological polar surface area (TPSA) is 267 Å². The van der Waals surface area contributed by atoms with E-state index in [2.05, 4.69) is 50.5 Å². The SMILES string of the molecule is COC(=O)c1ccc(Nc2cc(Oc3cnc(C#N)cc3C)nc3c2ncn3C)nc1.Cc1cc(C#N)ncc1Oc1cc(Nc2ccc(C(=O)O)cn2)c2ncn(C)c2n1. The van der Waals surface area contributed by atoms with Gasteiger partial charge in [-0.1, -0.05) is 0 Å². The lowest BCUT2D eigenvalue weighted by Crippen LogP contribution is -2.03. The number of aromatic carboxylic acids is 1. The number of methoxy groups -OCH3 is 1. The fraction of sp³-hybridized carbons (Fsp3) is 0.122. The normalized spacial score (nSPS) is 10.5. The molecule has 0 fully saturated rings. The average molecular weight is 817 g/mol. The molecule has 0 radical (unpaired) electrons. The largest absolute Gasteiger partial charge is 0.478 e. The standard InChI is InChI=1S/C21H17N7O3.C20H15N7O3/c1-12-6-14(8-22)23-10-16(12)31-18-7-15(19-20(27-18)28(2)11-25-19)26-17-5-4-13(9-24-17)21(29)30-3;1-11-5-13(7-21)22-9-15(11)30-17-6-14(18-19(26-17)27(2)10-24-18)25-16-4-3-12(8-23-16)20(28)29/h4-7,9-11H,1-3H3,(H,24,26,27);3-6,8-10H,1-2H3,(H,28,29)(H,23,25,26). The predicted molar refractivity (Wildman–Crippen MR) is 218 cm³/mol. The number of aromatic nitrogens is 10. The minimum absolute atomic E-state index is 0.0890. The first kappa shape index (κ1) is 40.2. The minimum atomic E-state index is -1.05. The number of aryl methyl sites for hydroxylation is 4. The maximum atomic E-state index is 11.6. The first-order valence-electron chi connectivity index (χ1n) is 17.9. The zero-order valence-corrected chi connectivity index (χ0v) is 32.9. The van der Waals surface area contributed by atoms with E-state index in [9.17, 15) is 9.59 Å². The van der Waals surface area contributed by atoms with Crippen LogP contribution in [0.2, 0.25) is 0 Å². The number of carbonyl (C=O) groups is 2.